The van der Waals surface area contributed by atoms with Gasteiger partial charge in [-0.2, -0.15) is 18.2 Å². The van der Waals surface area contributed by atoms with Crippen molar-refractivity contribution in [2.75, 3.05) is 0 Å². The van der Waals surface area contributed by atoms with Crippen LogP contribution in [0.4, 0.5) is 5.69 Å². The van der Waals surface area contributed by atoms with Crippen molar-refractivity contribution >= 4 is 32.9 Å². The van der Waals surface area contributed by atoms with Crippen LogP contribution < -0.4 is 9.74 Å². The fourth-order valence-corrected chi connectivity index (χ4v) is 4.26. The molecule has 0 saturated carbocycles. The first kappa shape index (κ1) is 21.8. The van der Waals surface area contributed by atoms with Crippen LogP contribution in [0.2, 0.25) is 0 Å². The van der Waals surface area contributed by atoms with Crippen molar-refractivity contribution in [3.8, 4) is 5.75 Å². The predicted octanol–water partition coefficient (Wildman–Crippen LogP) is 3.26. The van der Waals surface area contributed by atoms with Crippen LogP contribution in [0.25, 0.3) is 10.9 Å². The molecule has 0 bridgehead atoms. The SMILES string of the molecule is Cc1nc2ccccc2c(=O)n1/N=C/c1ccccc1OS(=O)(=O)c1ccccc1[N+](=O)[O-]. The topological polar surface area (TPSA) is 134 Å². The molecule has 0 atom stereocenters. The van der Waals surface area contributed by atoms with E-state index in [-0.39, 0.29) is 16.9 Å². The van der Waals surface area contributed by atoms with Crippen LogP contribution in [-0.2, 0) is 10.1 Å². The third kappa shape index (κ3) is 4.34. The maximum atomic E-state index is 12.8. The fourth-order valence-electron chi connectivity index (χ4n) is 3.14. The summed E-state index contributed by atoms with van der Waals surface area (Å²) < 4.78 is 31.8. The lowest BCUT2D eigenvalue weighted by atomic mass is 10.2. The van der Waals surface area contributed by atoms with Gasteiger partial charge in [-0.3, -0.25) is 14.9 Å². The van der Waals surface area contributed by atoms with Crippen molar-refractivity contribution < 1.29 is 17.5 Å². The Hall–Kier alpha value is -4.38. The molecule has 0 amide bonds. The Morgan fingerprint density at radius 1 is 1.03 bits per heavy atom. The molecule has 1 aromatic heterocycles. The number of nitro benzene ring substituents is 1. The number of aromatic nitrogens is 2. The van der Waals surface area contributed by atoms with Crippen LogP contribution in [0.1, 0.15) is 11.4 Å². The number of benzene rings is 3. The lowest BCUT2D eigenvalue weighted by Crippen LogP contribution is -2.20. The van der Waals surface area contributed by atoms with Crippen LogP contribution in [0.5, 0.6) is 5.75 Å². The molecule has 3 aromatic carbocycles. The molecule has 166 valence electrons. The van der Waals surface area contributed by atoms with E-state index in [4.69, 9.17) is 4.18 Å². The first-order valence-electron chi connectivity index (χ1n) is 9.57. The van der Waals surface area contributed by atoms with Crippen LogP contribution in [-0.4, -0.2) is 29.2 Å². The second-order valence-electron chi connectivity index (χ2n) is 6.84. The van der Waals surface area contributed by atoms with Gasteiger partial charge in [-0.25, -0.2) is 4.98 Å². The summed E-state index contributed by atoms with van der Waals surface area (Å²) in [5, 5.41) is 15.8. The smallest absolute Gasteiger partial charge is 0.346 e. The van der Waals surface area contributed by atoms with Gasteiger partial charge in [-0.15, -0.1) is 0 Å². The fraction of sp³-hybridized carbons (Fsp3) is 0.0455. The number of nitrogens with zero attached hydrogens (tertiary/aromatic N) is 4. The van der Waals surface area contributed by atoms with Crippen molar-refractivity contribution in [3.05, 3.63) is 105 Å². The molecule has 10 nitrogen and oxygen atoms in total. The second-order valence-corrected chi connectivity index (χ2v) is 8.35. The summed E-state index contributed by atoms with van der Waals surface area (Å²) in [5.74, 6) is 0.222. The summed E-state index contributed by atoms with van der Waals surface area (Å²) in [6, 6.07) is 17.8. The molecule has 0 spiro atoms. The Labute approximate surface area is 187 Å². The minimum absolute atomic E-state index is 0.112. The zero-order valence-corrected chi connectivity index (χ0v) is 18.0. The van der Waals surface area contributed by atoms with Crippen LogP contribution in [0.3, 0.4) is 0 Å². The average molecular weight is 464 g/mol. The highest BCUT2D eigenvalue weighted by Gasteiger charge is 2.27. The number of hydrogen-bond donors (Lipinski definition) is 0. The lowest BCUT2D eigenvalue weighted by Gasteiger charge is -2.10. The number of aryl methyl sites for hydroxylation is 1. The molecule has 0 radical (unpaired) electrons. The van der Waals surface area contributed by atoms with Gasteiger partial charge in [0.05, 0.1) is 22.0 Å². The molecule has 0 N–H and O–H groups in total. The quantitative estimate of drug-likeness (QED) is 0.185. The number of fused-ring (bicyclic) bond motifs is 1. The van der Waals surface area contributed by atoms with E-state index < -0.39 is 25.6 Å². The van der Waals surface area contributed by atoms with Gasteiger partial charge in [0.25, 0.3) is 11.2 Å². The lowest BCUT2D eigenvalue weighted by molar-refractivity contribution is -0.387. The van der Waals surface area contributed by atoms with Gasteiger partial charge in [0.15, 0.2) is 10.6 Å². The molecule has 4 rings (SSSR count). The predicted molar refractivity (Wildman–Crippen MR) is 121 cm³/mol. The molecule has 11 heteroatoms. The molecule has 0 fully saturated rings. The normalized spacial score (nSPS) is 11.7. The van der Waals surface area contributed by atoms with Gasteiger partial charge in [0, 0.05) is 11.6 Å². The van der Waals surface area contributed by atoms with E-state index in [9.17, 15) is 23.3 Å². The second kappa shape index (κ2) is 8.63. The minimum atomic E-state index is -4.52. The van der Waals surface area contributed by atoms with Crippen molar-refractivity contribution in [2.24, 2.45) is 5.10 Å². The van der Waals surface area contributed by atoms with Crippen molar-refractivity contribution in [1.29, 1.82) is 0 Å². The molecule has 1 heterocycles. The van der Waals surface area contributed by atoms with Crippen molar-refractivity contribution in [3.63, 3.8) is 0 Å². The maximum Gasteiger partial charge on any atom is 0.346 e. The Kier molecular flexibility index (Phi) is 5.71. The van der Waals surface area contributed by atoms with E-state index >= 15 is 0 Å². The molecule has 0 aliphatic carbocycles. The number of rotatable bonds is 6. The number of nitro groups is 1. The third-order valence-electron chi connectivity index (χ3n) is 4.68. The number of hydrogen-bond acceptors (Lipinski definition) is 8. The summed E-state index contributed by atoms with van der Waals surface area (Å²) >= 11 is 0. The molecule has 0 unspecified atom stereocenters. The molecule has 0 aliphatic heterocycles. The van der Waals surface area contributed by atoms with Crippen molar-refractivity contribution in [2.45, 2.75) is 11.8 Å². The average Bonchev–Trinajstić information content (AvgIpc) is 2.79. The first-order valence-corrected chi connectivity index (χ1v) is 11.0. The van der Waals surface area contributed by atoms with E-state index in [0.717, 1.165) is 16.8 Å². The maximum absolute atomic E-state index is 12.8. The van der Waals surface area contributed by atoms with Crippen LogP contribution >= 0.6 is 0 Å². The first-order chi connectivity index (χ1) is 15.8. The zero-order chi connectivity index (χ0) is 23.6. The summed E-state index contributed by atoms with van der Waals surface area (Å²) in [5.41, 5.74) is -0.224. The van der Waals surface area contributed by atoms with Gasteiger partial charge in [-0.05, 0) is 37.3 Å². The van der Waals surface area contributed by atoms with E-state index in [0.29, 0.717) is 16.7 Å². The zero-order valence-electron chi connectivity index (χ0n) is 17.2. The van der Waals surface area contributed by atoms with Gasteiger partial charge in [0.2, 0.25) is 0 Å². The molecule has 0 aliphatic rings. The molecule has 0 saturated heterocycles. The highest BCUT2D eigenvalue weighted by atomic mass is 32.2. The van der Waals surface area contributed by atoms with E-state index in [1.165, 1.54) is 36.5 Å². The Morgan fingerprint density at radius 2 is 1.70 bits per heavy atom. The van der Waals surface area contributed by atoms with E-state index in [1.54, 1.807) is 37.3 Å². The summed E-state index contributed by atoms with van der Waals surface area (Å²) in [6.07, 6.45) is 1.26. The highest BCUT2D eigenvalue weighted by Crippen LogP contribution is 2.27. The monoisotopic (exact) mass is 464 g/mol. The van der Waals surface area contributed by atoms with Crippen LogP contribution in [0, 0.1) is 17.0 Å². The Morgan fingerprint density at radius 3 is 2.48 bits per heavy atom. The Bertz CT molecular complexity index is 1580. The standard InChI is InChI=1S/C22H16N4O6S/c1-15-24-18-10-4-3-9-17(18)22(27)25(15)23-14-16-8-2-6-12-20(16)32-33(30,31)21-13-7-5-11-19(21)26(28)29/h2-14H,1H3/b23-14+. The van der Waals surface area contributed by atoms with Gasteiger partial charge < -0.3 is 4.18 Å². The van der Waals surface area contributed by atoms with Gasteiger partial charge in [0.1, 0.15) is 5.82 Å². The van der Waals surface area contributed by atoms with Gasteiger partial charge in [-0.1, -0.05) is 36.4 Å². The van der Waals surface area contributed by atoms with Crippen molar-refractivity contribution in [1.82, 2.24) is 9.66 Å². The minimum Gasteiger partial charge on any atom is -0.378 e. The molecule has 4 aromatic rings. The summed E-state index contributed by atoms with van der Waals surface area (Å²) in [4.78, 5) is 27.0. The molecule has 33 heavy (non-hydrogen) atoms. The molecular weight excluding hydrogens is 448 g/mol. The molecular formula is C22H16N4O6S. The van der Waals surface area contributed by atoms with Crippen LogP contribution in [0.15, 0.2) is 87.6 Å². The summed E-state index contributed by atoms with van der Waals surface area (Å²) in [7, 11) is -4.52. The summed E-state index contributed by atoms with van der Waals surface area (Å²) in [6.45, 7) is 1.62. The number of para-hydroxylation sites is 3. The highest BCUT2D eigenvalue weighted by molar-refractivity contribution is 7.87. The van der Waals surface area contributed by atoms with E-state index in [1.807, 2.05) is 0 Å². The Balaban J connectivity index is 1.73. The largest absolute Gasteiger partial charge is 0.378 e. The van der Waals surface area contributed by atoms with Gasteiger partial charge >= 0.3 is 10.1 Å². The third-order valence-corrected chi connectivity index (χ3v) is 5.96. The van der Waals surface area contributed by atoms with E-state index in [2.05, 4.69) is 10.1 Å².